The second-order valence-electron chi connectivity index (χ2n) is 5.35. The Morgan fingerprint density at radius 1 is 1.05 bits per heavy atom. The Hall–Kier alpha value is -1.88. The minimum absolute atomic E-state index is 0.0157. The van der Waals surface area contributed by atoms with Gasteiger partial charge in [-0.05, 0) is 26.1 Å². The van der Waals surface area contributed by atoms with E-state index < -0.39 is 5.97 Å². The monoisotopic (exact) mass is 292 g/mol. The number of carboxylic acid groups (broad SMARTS) is 1. The minimum Gasteiger partial charge on any atom is -0.481 e. The fraction of sp³-hybridized carbons (Fsp3) is 0.500. The van der Waals surface area contributed by atoms with Gasteiger partial charge in [0.05, 0.1) is 0 Å². The zero-order valence-electron chi connectivity index (χ0n) is 12.8. The number of carbonyl (C=O) groups is 2. The van der Waals surface area contributed by atoms with Crippen molar-refractivity contribution in [2.24, 2.45) is 0 Å². The van der Waals surface area contributed by atoms with Gasteiger partial charge >= 0.3 is 5.97 Å². The quantitative estimate of drug-likeness (QED) is 0.754. The number of aliphatic carboxylic acids is 1. The Balaban J connectivity index is 2.58. The molecule has 1 aromatic rings. The summed E-state index contributed by atoms with van der Waals surface area (Å²) >= 11 is 0. The van der Waals surface area contributed by atoms with Gasteiger partial charge in [0.15, 0.2) is 0 Å². The summed E-state index contributed by atoms with van der Waals surface area (Å²) < 4.78 is 0. The Labute approximate surface area is 126 Å². The SMILES string of the molecule is CN(C)CCN(Cc1ccccc1)C(=O)CCCC(=O)O. The minimum atomic E-state index is -0.856. The van der Waals surface area contributed by atoms with Crippen LogP contribution in [0.3, 0.4) is 0 Å². The van der Waals surface area contributed by atoms with E-state index in [2.05, 4.69) is 0 Å². The fourth-order valence-corrected chi connectivity index (χ4v) is 1.97. The number of benzene rings is 1. The fourth-order valence-electron chi connectivity index (χ4n) is 1.97. The molecule has 0 unspecified atom stereocenters. The van der Waals surface area contributed by atoms with Crippen LogP contribution in [0, 0.1) is 0 Å². The van der Waals surface area contributed by atoms with E-state index in [0.717, 1.165) is 12.1 Å². The molecule has 0 aliphatic heterocycles. The number of carboxylic acids is 1. The van der Waals surface area contributed by atoms with Crippen molar-refractivity contribution in [3.05, 3.63) is 35.9 Å². The number of carbonyl (C=O) groups excluding carboxylic acids is 1. The highest BCUT2D eigenvalue weighted by molar-refractivity contribution is 5.77. The molecule has 0 aromatic heterocycles. The topological polar surface area (TPSA) is 60.9 Å². The third kappa shape index (κ3) is 7.46. The summed E-state index contributed by atoms with van der Waals surface area (Å²) in [5, 5.41) is 8.64. The van der Waals surface area contributed by atoms with Gasteiger partial charge in [-0.25, -0.2) is 0 Å². The Morgan fingerprint density at radius 2 is 1.71 bits per heavy atom. The van der Waals surface area contributed by atoms with E-state index in [9.17, 15) is 9.59 Å². The molecule has 5 nitrogen and oxygen atoms in total. The maximum absolute atomic E-state index is 12.3. The van der Waals surface area contributed by atoms with Crippen molar-refractivity contribution in [1.82, 2.24) is 9.80 Å². The van der Waals surface area contributed by atoms with Crippen LogP contribution in [0.1, 0.15) is 24.8 Å². The predicted molar refractivity (Wildman–Crippen MR) is 81.9 cm³/mol. The average molecular weight is 292 g/mol. The average Bonchev–Trinajstić information content (AvgIpc) is 2.43. The molecule has 5 heteroatoms. The largest absolute Gasteiger partial charge is 0.481 e. The summed E-state index contributed by atoms with van der Waals surface area (Å²) in [6.45, 7) is 2.01. The van der Waals surface area contributed by atoms with Crippen LogP contribution in [0.5, 0.6) is 0 Å². The summed E-state index contributed by atoms with van der Waals surface area (Å²) in [5.74, 6) is -0.840. The maximum atomic E-state index is 12.3. The smallest absolute Gasteiger partial charge is 0.303 e. The van der Waals surface area contributed by atoms with Crippen molar-refractivity contribution in [2.45, 2.75) is 25.8 Å². The number of hydrogen-bond acceptors (Lipinski definition) is 3. The van der Waals surface area contributed by atoms with Gasteiger partial charge in [0.25, 0.3) is 0 Å². The normalized spacial score (nSPS) is 10.6. The van der Waals surface area contributed by atoms with Crippen molar-refractivity contribution >= 4 is 11.9 Å². The van der Waals surface area contributed by atoms with E-state index in [4.69, 9.17) is 5.11 Å². The molecule has 0 aliphatic carbocycles. The predicted octanol–water partition coefficient (Wildman–Crippen LogP) is 1.83. The molecule has 0 bridgehead atoms. The molecule has 1 rings (SSSR count). The van der Waals surface area contributed by atoms with Gasteiger partial charge in [0, 0.05) is 32.5 Å². The Kier molecular flexibility index (Phi) is 7.46. The maximum Gasteiger partial charge on any atom is 0.303 e. The molecular weight excluding hydrogens is 268 g/mol. The van der Waals surface area contributed by atoms with Crippen molar-refractivity contribution < 1.29 is 14.7 Å². The summed E-state index contributed by atoms with van der Waals surface area (Å²) in [5.41, 5.74) is 1.09. The van der Waals surface area contributed by atoms with Crippen molar-refractivity contribution in [2.75, 3.05) is 27.2 Å². The van der Waals surface area contributed by atoms with Crippen LogP contribution in [0.15, 0.2) is 30.3 Å². The van der Waals surface area contributed by atoms with Crippen LogP contribution in [-0.2, 0) is 16.1 Å². The number of rotatable bonds is 9. The van der Waals surface area contributed by atoms with Gasteiger partial charge in [-0.2, -0.15) is 0 Å². The molecular formula is C16H24N2O3. The summed E-state index contributed by atoms with van der Waals surface area (Å²) in [6, 6.07) is 9.84. The molecule has 1 amide bonds. The Morgan fingerprint density at radius 3 is 2.29 bits per heavy atom. The molecule has 116 valence electrons. The lowest BCUT2D eigenvalue weighted by Gasteiger charge is -2.24. The molecule has 0 radical (unpaired) electrons. The van der Waals surface area contributed by atoms with Crippen LogP contribution in [0.25, 0.3) is 0 Å². The van der Waals surface area contributed by atoms with E-state index in [1.165, 1.54) is 0 Å². The van der Waals surface area contributed by atoms with Crippen LogP contribution < -0.4 is 0 Å². The number of nitrogens with zero attached hydrogens (tertiary/aromatic N) is 2. The van der Waals surface area contributed by atoms with Crippen LogP contribution in [0.4, 0.5) is 0 Å². The summed E-state index contributed by atoms with van der Waals surface area (Å²) in [6.07, 6.45) is 0.715. The van der Waals surface area contributed by atoms with E-state index in [1.54, 1.807) is 4.90 Å². The van der Waals surface area contributed by atoms with Crippen molar-refractivity contribution in [3.63, 3.8) is 0 Å². The molecule has 0 heterocycles. The lowest BCUT2D eigenvalue weighted by atomic mass is 10.2. The first-order valence-electron chi connectivity index (χ1n) is 7.17. The first kappa shape index (κ1) is 17.2. The lowest BCUT2D eigenvalue weighted by molar-refractivity contribution is -0.137. The highest BCUT2D eigenvalue weighted by Gasteiger charge is 2.14. The highest BCUT2D eigenvalue weighted by Crippen LogP contribution is 2.08. The van der Waals surface area contributed by atoms with Gasteiger partial charge in [-0.15, -0.1) is 0 Å². The number of hydrogen-bond donors (Lipinski definition) is 1. The van der Waals surface area contributed by atoms with Gasteiger partial charge < -0.3 is 14.9 Å². The number of likely N-dealkylation sites (N-methyl/N-ethyl adjacent to an activating group) is 1. The molecule has 0 saturated heterocycles. The summed E-state index contributed by atoms with van der Waals surface area (Å²) in [4.78, 5) is 26.6. The van der Waals surface area contributed by atoms with Crippen LogP contribution >= 0.6 is 0 Å². The highest BCUT2D eigenvalue weighted by atomic mass is 16.4. The van der Waals surface area contributed by atoms with E-state index >= 15 is 0 Å². The second kappa shape index (κ2) is 9.13. The number of amides is 1. The first-order valence-corrected chi connectivity index (χ1v) is 7.17. The standard InChI is InChI=1S/C16H24N2O3/c1-17(2)11-12-18(13-14-7-4-3-5-8-14)15(19)9-6-10-16(20)21/h3-5,7-8H,6,9-13H2,1-2H3,(H,20,21). The molecule has 1 N–H and O–H groups in total. The molecule has 0 fully saturated rings. The molecule has 0 atom stereocenters. The van der Waals surface area contributed by atoms with Gasteiger partial charge in [0.2, 0.25) is 5.91 Å². The molecule has 0 spiro atoms. The van der Waals surface area contributed by atoms with Crippen LogP contribution in [-0.4, -0.2) is 54.0 Å². The summed E-state index contributed by atoms with van der Waals surface area (Å²) in [7, 11) is 3.94. The molecule has 21 heavy (non-hydrogen) atoms. The molecule has 0 saturated carbocycles. The van der Waals surface area contributed by atoms with Gasteiger partial charge in [-0.1, -0.05) is 30.3 Å². The third-order valence-corrected chi connectivity index (χ3v) is 3.17. The Bertz CT molecular complexity index is 446. The second-order valence-corrected chi connectivity index (χ2v) is 5.35. The van der Waals surface area contributed by atoms with E-state index in [-0.39, 0.29) is 18.7 Å². The first-order chi connectivity index (χ1) is 9.99. The zero-order chi connectivity index (χ0) is 15.7. The van der Waals surface area contributed by atoms with Crippen LogP contribution in [0.2, 0.25) is 0 Å². The lowest BCUT2D eigenvalue weighted by Crippen LogP contribution is -2.36. The molecule has 0 aliphatic rings. The van der Waals surface area contributed by atoms with Crippen molar-refractivity contribution in [1.29, 1.82) is 0 Å². The third-order valence-electron chi connectivity index (χ3n) is 3.17. The zero-order valence-corrected chi connectivity index (χ0v) is 12.8. The van der Waals surface area contributed by atoms with Crippen molar-refractivity contribution in [3.8, 4) is 0 Å². The van der Waals surface area contributed by atoms with Gasteiger partial charge in [0.1, 0.15) is 0 Å². The van der Waals surface area contributed by atoms with E-state index in [1.807, 2.05) is 49.3 Å². The van der Waals surface area contributed by atoms with E-state index in [0.29, 0.717) is 19.5 Å². The van der Waals surface area contributed by atoms with Gasteiger partial charge in [-0.3, -0.25) is 9.59 Å². The molecule has 1 aromatic carbocycles.